The second-order valence-corrected chi connectivity index (χ2v) is 8.42. The van der Waals surface area contributed by atoms with Crippen molar-refractivity contribution in [1.82, 2.24) is 14.9 Å². The third kappa shape index (κ3) is 4.74. The van der Waals surface area contributed by atoms with E-state index in [9.17, 15) is 5.11 Å². The maximum absolute atomic E-state index is 10.4. The van der Waals surface area contributed by atoms with Gasteiger partial charge in [-0.05, 0) is 18.2 Å². The maximum Gasteiger partial charge on any atom is 0.163 e. The first kappa shape index (κ1) is 22.7. The Bertz CT molecular complexity index is 1290. The number of β-amino-alcohol motifs (C(OH)–C–C–N with tert-alkyl or cyclic N) is 1. The topological polar surface area (TPSA) is 102 Å². The highest BCUT2D eigenvalue weighted by Gasteiger charge is 2.18. The molecular formula is C24H25ClN4O5. The molecule has 2 aromatic heterocycles. The van der Waals surface area contributed by atoms with Gasteiger partial charge in [0, 0.05) is 36.5 Å². The van der Waals surface area contributed by atoms with Crippen LogP contribution in [0.3, 0.4) is 0 Å². The van der Waals surface area contributed by atoms with E-state index in [0.29, 0.717) is 53.2 Å². The first-order valence-corrected chi connectivity index (χ1v) is 11.4. The van der Waals surface area contributed by atoms with Crippen molar-refractivity contribution < 1.29 is 23.7 Å². The summed E-state index contributed by atoms with van der Waals surface area (Å²) in [5.41, 5.74) is 2.04. The molecule has 2 N–H and O–H groups in total. The Morgan fingerprint density at radius 2 is 2.03 bits per heavy atom. The molecule has 0 radical (unpaired) electrons. The van der Waals surface area contributed by atoms with Crippen molar-refractivity contribution in [3.63, 3.8) is 0 Å². The van der Waals surface area contributed by atoms with E-state index >= 15 is 0 Å². The Balaban J connectivity index is 1.37. The molecule has 1 aliphatic heterocycles. The van der Waals surface area contributed by atoms with E-state index in [1.54, 1.807) is 13.2 Å². The fraction of sp³-hybridized carbons (Fsp3) is 0.333. The second kappa shape index (κ2) is 10.0. The number of nitrogens with one attached hydrogen (secondary N) is 1. The van der Waals surface area contributed by atoms with Crippen LogP contribution in [0.5, 0.6) is 11.5 Å². The molecule has 0 bridgehead atoms. The van der Waals surface area contributed by atoms with Crippen LogP contribution in [0, 0.1) is 0 Å². The number of para-hydroxylation sites is 1. The molecule has 5 rings (SSSR count). The average molecular weight is 485 g/mol. The number of furan rings is 1. The van der Waals surface area contributed by atoms with Crippen LogP contribution in [-0.4, -0.2) is 72.6 Å². The fourth-order valence-electron chi connectivity index (χ4n) is 4.01. The van der Waals surface area contributed by atoms with Crippen LogP contribution < -0.4 is 14.8 Å². The van der Waals surface area contributed by atoms with Crippen molar-refractivity contribution in [2.24, 2.45) is 0 Å². The minimum Gasteiger partial charge on any atom is -0.493 e. The van der Waals surface area contributed by atoms with E-state index in [4.69, 9.17) is 30.2 Å². The Labute approximate surface area is 201 Å². The minimum absolute atomic E-state index is 0.136. The highest BCUT2D eigenvalue weighted by atomic mass is 35.5. The number of aliphatic hydroxyl groups excluding tert-OH is 1. The molecule has 2 aromatic carbocycles. The number of methoxy groups -OCH3 is 1. The van der Waals surface area contributed by atoms with Gasteiger partial charge in [0.25, 0.3) is 0 Å². The van der Waals surface area contributed by atoms with Crippen LogP contribution in [0.4, 0.5) is 11.5 Å². The number of hydrogen-bond acceptors (Lipinski definition) is 9. The molecule has 1 fully saturated rings. The summed E-state index contributed by atoms with van der Waals surface area (Å²) in [5, 5.41) is 15.9. The predicted octanol–water partition coefficient (Wildman–Crippen LogP) is 3.85. The van der Waals surface area contributed by atoms with Gasteiger partial charge in [-0.3, -0.25) is 4.90 Å². The summed E-state index contributed by atoms with van der Waals surface area (Å²) in [6, 6.07) is 9.28. The molecule has 10 heteroatoms. The van der Waals surface area contributed by atoms with Gasteiger partial charge in [0.2, 0.25) is 0 Å². The molecule has 1 atom stereocenters. The Kier molecular flexibility index (Phi) is 6.68. The molecule has 34 heavy (non-hydrogen) atoms. The van der Waals surface area contributed by atoms with Crippen molar-refractivity contribution in [2.75, 3.05) is 51.9 Å². The molecule has 0 amide bonds. The van der Waals surface area contributed by atoms with Gasteiger partial charge in [-0.15, -0.1) is 0 Å². The van der Waals surface area contributed by atoms with Gasteiger partial charge in [-0.2, -0.15) is 0 Å². The summed E-state index contributed by atoms with van der Waals surface area (Å²) in [6.45, 7) is 3.64. The average Bonchev–Trinajstić information content (AvgIpc) is 3.24. The number of anilines is 2. The third-order valence-electron chi connectivity index (χ3n) is 5.73. The van der Waals surface area contributed by atoms with E-state index in [1.165, 1.54) is 12.6 Å². The number of aliphatic hydroxyl groups is 1. The molecule has 0 aliphatic carbocycles. The molecule has 1 saturated heterocycles. The standard InChI is InChI=1S/C24H25ClN4O5/c1-31-21-9-17-20(10-22(21)33-12-15(30)11-29-5-7-32-8-6-29)26-14-27-24(17)28-19-4-2-3-16-18(25)13-34-23(16)19/h2-4,9-10,13-15,30H,5-8,11-12H2,1H3,(H,26,27,28). The molecule has 1 aliphatic rings. The fourth-order valence-corrected chi connectivity index (χ4v) is 4.20. The van der Waals surface area contributed by atoms with Gasteiger partial charge < -0.3 is 29.1 Å². The number of hydrogen-bond donors (Lipinski definition) is 2. The Hall–Kier alpha value is -3.11. The van der Waals surface area contributed by atoms with Gasteiger partial charge in [-0.1, -0.05) is 17.7 Å². The van der Waals surface area contributed by atoms with E-state index in [2.05, 4.69) is 20.2 Å². The largest absolute Gasteiger partial charge is 0.493 e. The second-order valence-electron chi connectivity index (χ2n) is 8.01. The van der Waals surface area contributed by atoms with Gasteiger partial charge in [0.15, 0.2) is 17.1 Å². The Morgan fingerprint density at radius 1 is 1.18 bits per heavy atom. The summed E-state index contributed by atoms with van der Waals surface area (Å²) in [6.07, 6.45) is 2.35. The summed E-state index contributed by atoms with van der Waals surface area (Å²) < 4.78 is 22.4. The summed E-state index contributed by atoms with van der Waals surface area (Å²) >= 11 is 6.20. The quantitative estimate of drug-likeness (QED) is 0.386. The van der Waals surface area contributed by atoms with Crippen molar-refractivity contribution in [1.29, 1.82) is 0 Å². The lowest BCUT2D eigenvalue weighted by molar-refractivity contribution is 0.00446. The molecule has 4 aromatic rings. The number of ether oxygens (including phenoxy) is 3. The van der Waals surface area contributed by atoms with Gasteiger partial charge >= 0.3 is 0 Å². The van der Waals surface area contributed by atoms with Crippen LogP contribution in [-0.2, 0) is 4.74 Å². The minimum atomic E-state index is -0.637. The zero-order valence-corrected chi connectivity index (χ0v) is 19.4. The lowest BCUT2D eigenvalue weighted by Gasteiger charge is -2.28. The number of rotatable bonds is 8. The number of morpholine rings is 1. The van der Waals surface area contributed by atoms with Crippen molar-refractivity contribution in [3.05, 3.63) is 47.9 Å². The van der Waals surface area contributed by atoms with Gasteiger partial charge in [0.1, 0.15) is 31.1 Å². The molecule has 3 heterocycles. The van der Waals surface area contributed by atoms with Crippen LogP contribution in [0.15, 0.2) is 47.3 Å². The van der Waals surface area contributed by atoms with Gasteiger partial charge in [0.05, 0.1) is 36.6 Å². The van der Waals surface area contributed by atoms with E-state index in [1.807, 2.05) is 24.3 Å². The molecule has 178 valence electrons. The molecule has 9 nitrogen and oxygen atoms in total. The number of fused-ring (bicyclic) bond motifs is 2. The van der Waals surface area contributed by atoms with Crippen LogP contribution in [0.1, 0.15) is 0 Å². The smallest absolute Gasteiger partial charge is 0.163 e. The summed E-state index contributed by atoms with van der Waals surface area (Å²) in [4.78, 5) is 11.0. The highest BCUT2D eigenvalue weighted by Crippen LogP contribution is 2.37. The number of aromatic nitrogens is 2. The molecule has 1 unspecified atom stereocenters. The first-order valence-electron chi connectivity index (χ1n) is 11.0. The van der Waals surface area contributed by atoms with Crippen molar-refractivity contribution >= 4 is 45.0 Å². The first-order chi connectivity index (χ1) is 16.6. The zero-order chi connectivity index (χ0) is 23.5. The molecule has 0 spiro atoms. The van der Waals surface area contributed by atoms with Crippen molar-refractivity contribution in [3.8, 4) is 11.5 Å². The number of nitrogens with zero attached hydrogens (tertiary/aromatic N) is 3. The van der Waals surface area contributed by atoms with E-state index in [0.717, 1.165) is 29.5 Å². The maximum atomic E-state index is 10.4. The van der Waals surface area contributed by atoms with Crippen molar-refractivity contribution in [2.45, 2.75) is 6.10 Å². The third-order valence-corrected chi connectivity index (χ3v) is 6.02. The molecular weight excluding hydrogens is 460 g/mol. The summed E-state index contributed by atoms with van der Waals surface area (Å²) in [7, 11) is 1.57. The van der Waals surface area contributed by atoms with Crippen LogP contribution in [0.2, 0.25) is 5.02 Å². The lowest BCUT2D eigenvalue weighted by atomic mass is 10.2. The lowest BCUT2D eigenvalue weighted by Crippen LogP contribution is -2.42. The van der Waals surface area contributed by atoms with E-state index < -0.39 is 6.10 Å². The normalized spacial score (nSPS) is 15.5. The predicted molar refractivity (Wildman–Crippen MR) is 129 cm³/mol. The Morgan fingerprint density at radius 3 is 2.85 bits per heavy atom. The van der Waals surface area contributed by atoms with Gasteiger partial charge in [-0.25, -0.2) is 9.97 Å². The zero-order valence-electron chi connectivity index (χ0n) is 18.7. The summed E-state index contributed by atoms with van der Waals surface area (Å²) in [5.74, 6) is 1.60. The number of halogens is 1. The molecule has 0 saturated carbocycles. The number of benzene rings is 2. The monoisotopic (exact) mass is 484 g/mol. The van der Waals surface area contributed by atoms with Crippen LogP contribution >= 0.6 is 11.6 Å². The van der Waals surface area contributed by atoms with E-state index in [-0.39, 0.29) is 6.61 Å². The highest BCUT2D eigenvalue weighted by molar-refractivity contribution is 6.35. The van der Waals surface area contributed by atoms with Crippen LogP contribution in [0.25, 0.3) is 21.9 Å². The SMILES string of the molecule is COc1cc2c(Nc3cccc4c(Cl)coc34)ncnc2cc1OCC(O)CN1CCOCC1.